The summed E-state index contributed by atoms with van der Waals surface area (Å²) in [7, 11) is 0. The Hall–Kier alpha value is -1.60. The fourth-order valence-corrected chi connectivity index (χ4v) is 3.17. The van der Waals surface area contributed by atoms with E-state index in [9.17, 15) is 13.6 Å². The molecule has 8 heteroatoms. The van der Waals surface area contributed by atoms with E-state index in [2.05, 4.69) is 0 Å². The molecule has 116 valence electrons. The molecular weight excluding hydrogens is 349 g/mol. The molecule has 0 fully saturated rings. The maximum absolute atomic E-state index is 11.6. The number of aromatic carboxylic acids is 1. The maximum atomic E-state index is 11.6. The molecule has 0 saturated heterocycles. The quantitative estimate of drug-likeness (QED) is 0.795. The Morgan fingerprint density at radius 2 is 1.77 bits per heavy atom. The number of nitrogens with zero attached hydrogens (tertiary/aromatic N) is 1. The number of carboxylic acids is 1. The van der Waals surface area contributed by atoms with Crippen LogP contribution < -0.4 is 4.31 Å². The lowest BCUT2D eigenvalue weighted by atomic mass is 10.1. The summed E-state index contributed by atoms with van der Waals surface area (Å²) in [6.07, 6.45) is 0. The molecule has 22 heavy (non-hydrogen) atoms. The van der Waals surface area contributed by atoms with Crippen LogP contribution in [-0.2, 0) is 17.8 Å². The average Bonchev–Trinajstić information content (AvgIpc) is 2.46. The molecule has 0 aliphatic rings. The van der Waals surface area contributed by atoms with Crippen LogP contribution in [0.5, 0.6) is 0 Å². The summed E-state index contributed by atoms with van der Waals surface area (Å²) in [5, 5.41) is 8.94. The SMILES string of the molecule is O=C(O)c1c(Cl)ccc(N(Cc2ccccc2)S(=O)O)c1Cl. The fraction of sp³-hybridized carbons (Fsp3) is 0.0714. The number of rotatable bonds is 5. The number of benzene rings is 2. The van der Waals surface area contributed by atoms with Crippen molar-refractivity contribution in [2.75, 3.05) is 4.31 Å². The third kappa shape index (κ3) is 3.59. The fourth-order valence-electron chi connectivity index (χ4n) is 1.90. The van der Waals surface area contributed by atoms with E-state index in [1.54, 1.807) is 24.3 Å². The van der Waals surface area contributed by atoms with Crippen LogP contribution in [0.15, 0.2) is 42.5 Å². The monoisotopic (exact) mass is 359 g/mol. The molecule has 0 spiro atoms. The van der Waals surface area contributed by atoms with Crippen molar-refractivity contribution >= 4 is 46.1 Å². The Morgan fingerprint density at radius 1 is 1.14 bits per heavy atom. The third-order valence-electron chi connectivity index (χ3n) is 2.91. The van der Waals surface area contributed by atoms with Gasteiger partial charge in [-0.2, -0.15) is 0 Å². The zero-order valence-corrected chi connectivity index (χ0v) is 13.4. The van der Waals surface area contributed by atoms with Gasteiger partial charge >= 0.3 is 5.97 Å². The van der Waals surface area contributed by atoms with Gasteiger partial charge in [0.05, 0.1) is 27.8 Å². The van der Waals surface area contributed by atoms with Gasteiger partial charge in [0.2, 0.25) is 0 Å². The standard InChI is InChI=1S/C14H11Cl2NO4S/c15-10-6-7-11(13(16)12(10)14(18)19)17(22(20)21)8-9-4-2-1-3-5-9/h1-7H,8H2,(H,18,19)(H,20,21). The van der Waals surface area contributed by atoms with Crippen molar-refractivity contribution in [2.24, 2.45) is 0 Å². The lowest BCUT2D eigenvalue weighted by Crippen LogP contribution is -2.25. The number of hydrogen-bond donors (Lipinski definition) is 2. The number of carbonyl (C=O) groups is 1. The van der Waals surface area contributed by atoms with Gasteiger partial charge in [-0.05, 0) is 17.7 Å². The Balaban J connectivity index is 2.48. The summed E-state index contributed by atoms with van der Waals surface area (Å²) in [5.41, 5.74) is 0.588. The van der Waals surface area contributed by atoms with Crippen LogP contribution in [0.3, 0.4) is 0 Å². The van der Waals surface area contributed by atoms with Crippen LogP contribution in [0.4, 0.5) is 5.69 Å². The number of anilines is 1. The van der Waals surface area contributed by atoms with Gasteiger partial charge in [0.25, 0.3) is 11.3 Å². The van der Waals surface area contributed by atoms with Crippen LogP contribution >= 0.6 is 23.2 Å². The molecule has 0 aromatic heterocycles. The second-order valence-electron chi connectivity index (χ2n) is 4.31. The van der Waals surface area contributed by atoms with Crippen LogP contribution in [0.1, 0.15) is 15.9 Å². The maximum Gasteiger partial charge on any atom is 0.338 e. The molecule has 0 aliphatic heterocycles. The van der Waals surface area contributed by atoms with Crippen molar-refractivity contribution in [2.45, 2.75) is 6.54 Å². The highest BCUT2D eigenvalue weighted by Gasteiger charge is 2.23. The number of carboxylic acid groups (broad SMARTS) is 1. The molecule has 0 amide bonds. The Morgan fingerprint density at radius 3 is 2.32 bits per heavy atom. The molecule has 0 heterocycles. The minimum Gasteiger partial charge on any atom is -0.478 e. The van der Waals surface area contributed by atoms with Crippen molar-refractivity contribution in [3.8, 4) is 0 Å². The summed E-state index contributed by atoms with van der Waals surface area (Å²) < 4.78 is 22.2. The van der Waals surface area contributed by atoms with Crippen molar-refractivity contribution < 1.29 is 18.7 Å². The molecule has 0 saturated carbocycles. The van der Waals surface area contributed by atoms with E-state index in [1.165, 1.54) is 12.1 Å². The predicted molar refractivity (Wildman–Crippen MR) is 86.8 cm³/mol. The molecule has 2 aromatic carbocycles. The Labute approximate surface area is 139 Å². The van der Waals surface area contributed by atoms with E-state index in [0.717, 1.165) is 9.87 Å². The van der Waals surface area contributed by atoms with E-state index in [-0.39, 0.29) is 27.8 Å². The lowest BCUT2D eigenvalue weighted by Gasteiger charge is -2.22. The van der Waals surface area contributed by atoms with Crippen LogP contribution in [0.2, 0.25) is 10.0 Å². The molecule has 5 nitrogen and oxygen atoms in total. The van der Waals surface area contributed by atoms with Crippen LogP contribution in [0, 0.1) is 0 Å². The summed E-state index contributed by atoms with van der Waals surface area (Å²) in [5.74, 6) is -1.31. The summed E-state index contributed by atoms with van der Waals surface area (Å²) in [6.45, 7) is 0.0877. The predicted octanol–water partition coefficient (Wildman–Crippen LogP) is 3.83. The molecule has 0 aliphatic carbocycles. The van der Waals surface area contributed by atoms with Crippen molar-refractivity contribution in [1.29, 1.82) is 0 Å². The van der Waals surface area contributed by atoms with Crippen molar-refractivity contribution in [1.82, 2.24) is 0 Å². The smallest absolute Gasteiger partial charge is 0.338 e. The summed E-state index contributed by atoms with van der Waals surface area (Å²) in [6, 6.07) is 11.7. The number of halogens is 2. The Bertz CT molecular complexity index is 724. The normalized spacial score (nSPS) is 12.0. The molecule has 2 N–H and O–H groups in total. The Kier molecular flexibility index (Phi) is 5.42. The second-order valence-corrected chi connectivity index (χ2v) is 6.00. The van der Waals surface area contributed by atoms with E-state index in [0.29, 0.717) is 0 Å². The first kappa shape index (κ1) is 16.8. The molecule has 0 radical (unpaired) electrons. The molecule has 1 atom stereocenters. The first-order valence-electron chi connectivity index (χ1n) is 6.05. The first-order valence-corrected chi connectivity index (χ1v) is 7.87. The largest absolute Gasteiger partial charge is 0.478 e. The molecular formula is C14H11Cl2NO4S. The van der Waals surface area contributed by atoms with Crippen molar-refractivity contribution in [3.63, 3.8) is 0 Å². The molecule has 2 aromatic rings. The van der Waals surface area contributed by atoms with E-state index >= 15 is 0 Å². The lowest BCUT2D eigenvalue weighted by molar-refractivity contribution is 0.0697. The molecule has 1 unspecified atom stereocenters. The highest BCUT2D eigenvalue weighted by Crippen LogP contribution is 2.35. The number of hydrogen-bond acceptors (Lipinski definition) is 2. The van der Waals surface area contributed by atoms with Gasteiger partial charge in [0, 0.05) is 0 Å². The zero-order valence-electron chi connectivity index (χ0n) is 11.1. The van der Waals surface area contributed by atoms with E-state index in [1.807, 2.05) is 6.07 Å². The second kappa shape index (κ2) is 7.11. The van der Waals surface area contributed by atoms with Gasteiger partial charge in [-0.25, -0.2) is 9.00 Å². The van der Waals surface area contributed by atoms with Gasteiger partial charge in [-0.1, -0.05) is 53.5 Å². The van der Waals surface area contributed by atoms with Gasteiger partial charge in [-0.15, -0.1) is 0 Å². The third-order valence-corrected chi connectivity index (χ3v) is 4.31. The summed E-state index contributed by atoms with van der Waals surface area (Å²) >= 11 is 9.50. The van der Waals surface area contributed by atoms with E-state index in [4.69, 9.17) is 28.3 Å². The summed E-state index contributed by atoms with van der Waals surface area (Å²) in [4.78, 5) is 11.2. The van der Waals surface area contributed by atoms with Gasteiger partial charge in [0.1, 0.15) is 0 Å². The van der Waals surface area contributed by atoms with Crippen LogP contribution in [0.25, 0.3) is 0 Å². The van der Waals surface area contributed by atoms with Gasteiger partial charge in [0.15, 0.2) is 0 Å². The van der Waals surface area contributed by atoms with Crippen LogP contribution in [-0.4, -0.2) is 19.8 Å². The first-order chi connectivity index (χ1) is 10.4. The van der Waals surface area contributed by atoms with Gasteiger partial charge in [-0.3, -0.25) is 8.86 Å². The highest BCUT2D eigenvalue weighted by molar-refractivity contribution is 7.80. The molecule has 0 bridgehead atoms. The molecule has 2 rings (SSSR count). The van der Waals surface area contributed by atoms with Gasteiger partial charge < -0.3 is 5.11 Å². The highest BCUT2D eigenvalue weighted by atomic mass is 35.5. The average molecular weight is 360 g/mol. The minimum absolute atomic E-state index is 0.0374. The minimum atomic E-state index is -2.38. The topological polar surface area (TPSA) is 77.8 Å². The van der Waals surface area contributed by atoms with Crippen molar-refractivity contribution in [3.05, 3.63) is 63.6 Å². The zero-order chi connectivity index (χ0) is 16.3. The van der Waals surface area contributed by atoms with E-state index < -0.39 is 17.2 Å².